The topological polar surface area (TPSA) is 131 Å². The molecule has 1 saturated heterocycles. The number of rotatable bonds is 8. The lowest BCUT2D eigenvalue weighted by molar-refractivity contribution is -0.134. The molecule has 196 valence electrons. The van der Waals surface area contributed by atoms with Gasteiger partial charge in [-0.2, -0.15) is 5.10 Å². The van der Waals surface area contributed by atoms with Crippen LogP contribution in [0.2, 0.25) is 0 Å². The second-order valence-electron chi connectivity index (χ2n) is 9.07. The van der Waals surface area contributed by atoms with Gasteiger partial charge in [-0.3, -0.25) is 19.9 Å². The molecule has 2 N–H and O–H groups in total. The Morgan fingerprint density at radius 3 is 2.82 bits per heavy atom. The third-order valence-corrected chi connectivity index (χ3v) is 6.38. The molecule has 39 heavy (non-hydrogen) atoms. The quantitative estimate of drug-likeness (QED) is 0.314. The minimum Gasteiger partial charge on any atom is -0.487 e. The van der Waals surface area contributed by atoms with E-state index in [1.54, 1.807) is 31.0 Å². The number of fused-ring (bicyclic) bond motifs is 1. The maximum absolute atomic E-state index is 12.7. The van der Waals surface area contributed by atoms with Gasteiger partial charge in [0.1, 0.15) is 12.4 Å². The number of hydrogen-bond donors (Lipinski definition) is 2. The largest absolute Gasteiger partial charge is 0.487 e. The monoisotopic (exact) mass is 522 g/mol. The zero-order valence-electron chi connectivity index (χ0n) is 21.1. The SMILES string of the molecule is O=C(Cc1cccc(Nc2ncc3cc(-c4cn[nH]c4)c(OCc4cnccn4)cc3n2)c1)N1CCOCC1. The van der Waals surface area contributed by atoms with E-state index < -0.39 is 0 Å². The number of H-pyrrole nitrogens is 1. The lowest BCUT2D eigenvalue weighted by Gasteiger charge is -2.26. The van der Waals surface area contributed by atoms with Crippen LogP contribution in [0, 0.1) is 0 Å². The lowest BCUT2D eigenvalue weighted by Crippen LogP contribution is -2.41. The highest BCUT2D eigenvalue weighted by molar-refractivity contribution is 5.88. The van der Waals surface area contributed by atoms with Crippen molar-refractivity contribution in [1.29, 1.82) is 0 Å². The van der Waals surface area contributed by atoms with Gasteiger partial charge in [0.15, 0.2) is 0 Å². The summed E-state index contributed by atoms with van der Waals surface area (Å²) in [6.45, 7) is 2.70. The molecule has 11 heteroatoms. The van der Waals surface area contributed by atoms with E-state index in [0.29, 0.717) is 55.6 Å². The Hall–Kier alpha value is -4.90. The van der Waals surface area contributed by atoms with E-state index in [0.717, 1.165) is 27.8 Å². The molecule has 1 fully saturated rings. The predicted octanol–water partition coefficient (Wildman–Crippen LogP) is 3.53. The molecular formula is C28H26N8O3. The molecular weight excluding hydrogens is 496 g/mol. The van der Waals surface area contributed by atoms with E-state index in [1.807, 2.05) is 47.5 Å². The van der Waals surface area contributed by atoms with Gasteiger partial charge in [0, 0.05) is 66.1 Å². The number of carbonyl (C=O) groups excluding carboxylic acids is 1. The number of anilines is 2. The average molecular weight is 523 g/mol. The lowest BCUT2D eigenvalue weighted by atomic mass is 10.1. The van der Waals surface area contributed by atoms with Crippen LogP contribution in [0.25, 0.3) is 22.0 Å². The van der Waals surface area contributed by atoms with E-state index >= 15 is 0 Å². The number of carbonyl (C=O) groups is 1. The summed E-state index contributed by atoms with van der Waals surface area (Å²) in [6.07, 6.45) is 10.6. The van der Waals surface area contributed by atoms with E-state index in [9.17, 15) is 4.79 Å². The molecule has 0 bridgehead atoms. The number of morpholine rings is 1. The molecule has 1 aliphatic rings. The molecule has 5 aromatic rings. The van der Waals surface area contributed by atoms with Gasteiger partial charge in [-0.15, -0.1) is 0 Å². The minimum atomic E-state index is 0.0971. The first-order valence-electron chi connectivity index (χ1n) is 12.6. The van der Waals surface area contributed by atoms with E-state index in [1.165, 1.54) is 0 Å². The average Bonchev–Trinajstić information content (AvgIpc) is 3.52. The first-order valence-corrected chi connectivity index (χ1v) is 12.6. The molecule has 0 radical (unpaired) electrons. The molecule has 0 unspecified atom stereocenters. The first kappa shape index (κ1) is 24.4. The number of nitrogens with one attached hydrogen (secondary N) is 2. The number of hydrogen-bond acceptors (Lipinski definition) is 9. The molecule has 1 amide bonds. The van der Waals surface area contributed by atoms with Crippen molar-refractivity contribution in [2.75, 3.05) is 31.6 Å². The summed E-state index contributed by atoms with van der Waals surface area (Å²) in [6, 6.07) is 11.6. The van der Waals surface area contributed by atoms with Crippen LogP contribution >= 0.6 is 0 Å². The van der Waals surface area contributed by atoms with Crippen molar-refractivity contribution < 1.29 is 14.3 Å². The third-order valence-electron chi connectivity index (χ3n) is 6.38. The van der Waals surface area contributed by atoms with Crippen LogP contribution in [-0.4, -0.2) is 67.2 Å². The maximum Gasteiger partial charge on any atom is 0.227 e. The molecule has 2 aromatic carbocycles. The van der Waals surface area contributed by atoms with Gasteiger partial charge in [0.05, 0.1) is 43.2 Å². The normalized spacial score (nSPS) is 13.4. The van der Waals surface area contributed by atoms with Gasteiger partial charge in [0.2, 0.25) is 11.9 Å². The number of ether oxygens (including phenoxy) is 2. The molecule has 6 rings (SSSR count). The number of aromatic nitrogens is 6. The summed E-state index contributed by atoms with van der Waals surface area (Å²) in [5.74, 6) is 1.18. The minimum absolute atomic E-state index is 0.0971. The highest BCUT2D eigenvalue weighted by Gasteiger charge is 2.17. The van der Waals surface area contributed by atoms with Crippen molar-refractivity contribution in [2.45, 2.75) is 13.0 Å². The highest BCUT2D eigenvalue weighted by atomic mass is 16.5. The number of aromatic amines is 1. The Balaban J connectivity index is 1.23. The summed E-state index contributed by atoms with van der Waals surface area (Å²) < 4.78 is 11.5. The predicted molar refractivity (Wildman–Crippen MR) is 144 cm³/mol. The fraction of sp³-hybridized carbons (Fsp3) is 0.214. The van der Waals surface area contributed by atoms with Crippen molar-refractivity contribution in [3.05, 3.63) is 84.8 Å². The van der Waals surface area contributed by atoms with E-state index in [2.05, 4.69) is 30.5 Å². The fourth-order valence-corrected chi connectivity index (χ4v) is 4.41. The van der Waals surface area contributed by atoms with Gasteiger partial charge in [-0.25, -0.2) is 9.97 Å². The molecule has 0 spiro atoms. The highest BCUT2D eigenvalue weighted by Crippen LogP contribution is 2.34. The summed E-state index contributed by atoms with van der Waals surface area (Å²) in [7, 11) is 0. The zero-order chi connectivity index (χ0) is 26.4. The van der Waals surface area contributed by atoms with Crippen molar-refractivity contribution in [2.24, 2.45) is 0 Å². The Labute approximate surface area is 224 Å². The molecule has 1 aliphatic heterocycles. The van der Waals surface area contributed by atoms with Gasteiger partial charge >= 0.3 is 0 Å². The van der Waals surface area contributed by atoms with Crippen LogP contribution < -0.4 is 10.1 Å². The number of nitrogens with zero attached hydrogens (tertiary/aromatic N) is 6. The van der Waals surface area contributed by atoms with Crippen LogP contribution in [0.15, 0.2) is 73.6 Å². The molecule has 11 nitrogen and oxygen atoms in total. The number of benzene rings is 2. The van der Waals surface area contributed by atoms with Crippen LogP contribution in [0.3, 0.4) is 0 Å². The molecule has 4 heterocycles. The first-order chi connectivity index (χ1) is 19.2. The Kier molecular flexibility index (Phi) is 7.04. The van der Waals surface area contributed by atoms with E-state index in [4.69, 9.17) is 14.5 Å². The van der Waals surface area contributed by atoms with Crippen molar-refractivity contribution in [3.63, 3.8) is 0 Å². The van der Waals surface area contributed by atoms with Crippen molar-refractivity contribution in [3.8, 4) is 16.9 Å². The third kappa shape index (κ3) is 5.83. The summed E-state index contributed by atoms with van der Waals surface area (Å²) in [5.41, 5.74) is 4.90. The number of amides is 1. The van der Waals surface area contributed by atoms with Gasteiger partial charge in [-0.05, 0) is 23.8 Å². The van der Waals surface area contributed by atoms with Gasteiger partial charge < -0.3 is 19.7 Å². The Bertz CT molecular complexity index is 1570. The van der Waals surface area contributed by atoms with Crippen LogP contribution in [-0.2, 0) is 22.6 Å². The summed E-state index contributed by atoms with van der Waals surface area (Å²) >= 11 is 0. The molecule has 0 atom stereocenters. The smallest absolute Gasteiger partial charge is 0.227 e. The van der Waals surface area contributed by atoms with E-state index in [-0.39, 0.29) is 12.5 Å². The van der Waals surface area contributed by atoms with Crippen molar-refractivity contribution in [1.82, 2.24) is 35.0 Å². The molecule has 0 aliphatic carbocycles. The summed E-state index contributed by atoms with van der Waals surface area (Å²) in [4.78, 5) is 32.2. The Morgan fingerprint density at radius 1 is 1.08 bits per heavy atom. The van der Waals surface area contributed by atoms with Crippen molar-refractivity contribution >= 4 is 28.4 Å². The molecule has 3 aromatic heterocycles. The second kappa shape index (κ2) is 11.2. The molecule has 0 saturated carbocycles. The standard InChI is InChI=1S/C28H26N8O3/c37-27(36-6-8-38-9-7-36)11-19-2-1-3-22(10-19)34-28-31-14-20-12-24(21-15-32-33-16-21)26(13-25(20)35-28)39-18-23-17-29-4-5-30-23/h1-5,10,12-17H,6-9,11,18H2,(H,32,33)(H,31,34,35). The summed E-state index contributed by atoms with van der Waals surface area (Å²) in [5, 5.41) is 11.0. The van der Waals surface area contributed by atoms with Gasteiger partial charge in [-0.1, -0.05) is 12.1 Å². The zero-order valence-corrected chi connectivity index (χ0v) is 21.1. The van der Waals surface area contributed by atoms with Crippen LogP contribution in [0.1, 0.15) is 11.3 Å². The second-order valence-corrected chi connectivity index (χ2v) is 9.07. The van der Waals surface area contributed by atoms with Crippen LogP contribution in [0.5, 0.6) is 5.75 Å². The Morgan fingerprint density at radius 2 is 2.00 bits per heavy atom. The fourth-order valence-electron chi connectivity index (χ4n) is 4.41. The van der Waals surface area contributed by atoms with Gasteiger partial charge in [0.25, 0.3) is 0 Å². The maximum atomic E-state index is 12.7. The van der Waals surface area contributed by atoms with Crippen LogP contribution in [0.4, 0.5) is 11.6 Å².